The second-order valence-corrected chi connectivity index (χ2v) is 4.95. The van der Waals surface area contributed by atoms with Crippen LogP contribution in [0.2, 0.25) is 0 Å². The predicted octanol–water partition coefficient (Wildman–Crippen LogP) is 4.62. The Labute approximate surface area is 123 Å². The molecule has 21 heavy (non-hydrogen) atoms. The molecule has 0 aromatic heterocycles. The van der Waals surface area contributed by atoms with E-state index >= 15 is 0 Å². The Balaban J connectivity index is 1.98. The lowest BCUT2D eigenvalue weighted by Crippen LogP contribution is -1.99. The van der Waals surface area contributed by atoms with Gasteiger partial charge in [0.2, 0.25) is 0 Å². The second kappa shape index (κ2) is 5.90. The fourth-order valence-electron chi connectivity index (χ4n) is 2.49. The van der Waals surface area contributed by atoms with Crippen LogP contribution in [-0.4, -0.2) is 0 Å². The average molecular weight is 277 g/mol. The van der Waals surface area contributed by atoms with Gasteiger partial charge >= 0.3 is 0 Å². The lowest BCUT2D eigenvalue weighted by molar-refractivity contribution is 0.625. The summed E-state index contributed by atoms with van der Waals surface area (Å²) in [5.74, 6) is -0.250. The fraction of sp³-hybridized carbons (Fsp3) is 0.0526. The molecule has 0 aliphatic rings. The summed E-state index contributed by atoms with van der Waals surface area (Å²) in [6.45, 7) is 0.327. The Morgan fingerprint density at radius 1 is 0.714 bits per heavy atom. The molecule has 0 aliphatic heterocycles. The van der Waals surface area contributed by atoms with Gasteiger partial charge in [-0.3, -0.25) is 0 Å². The van der Waals surface area contributed by atoms with Crippen LogP contribution in [0.4, 0.5) is 4.39 Å². The molecule has 0 radical (unpaired) electrons. The molecule has 1 nitrogen and oxygen atoms in total. The van der Waals surface area contributed by atoms with E-state index in [9.17, 15) is 4.39 Å². The van der Waals surface area contributed by atoms with Crippen molar-refractivity contribution in [2.45, 2.75) is 6.54 Å². The minimum atomic E-state index is -0.250. The predicted molar refractivity (Wildman–Crippen MR) is 85.2 cm³/mol. The van der Waals surface area contributed by atoms with Crippen molar-refractivity contribution >= 4 is 0 Å². The number of nitrogens with two attached hydrogens (primary N) is 1. The largest absolute Gasteiger partial charge is 0.326 e. The van der Waals surface area contributed by atoms with E-state index < -0.39 is 0 Å². The average Bonchev–Trinajstić information content (AvgIpc) is 2.56. The first-order chi connectivity index (χ1) is 10.3. The summed E-state index contributed by atoms with van der Waals surface area (Å²) in [6.07, 6.45) is 0. The van der Waals surface area contributed by atoms with Crippen molar-refractivity contribution in [3.8, 4) is 22.3 Å². The maximum atomic E-state index is 13.3. The Bertz CT molecular complexity index is 733. The molecule has 2 N–H and O–H groups in total. The Hall–Kier alpha value is -2.45. The Morgan fingerprint density at radius 3 is 2.00 bits per heavy atom. The highest BCUT2D eigenvalue weighted by molar-refractivity contribution is 5.72. The number of benzene rings is 3. The number of rotatable bonds is 3. The molecule has 0 spiro atoms. The molecule has 0 unspecified atom stereocenters. The third kappa shape index (κ3) is 2.86. The van der Waals surface area contributed by atoms with Crippen molar-refractivity contribution in [1.82, 2.24) is 0 Å². The third-order valence-electron chi connectivity index (χ3n) is 3.59. The van der Waals surface area contributed by atoms with Gasteiger partial charge in [0.05, 0.1) is 0 Å². The molecule has 0 aliphatic carbocycles. The van der Waals surface area contributed by atoms with Crippen LogP contribution >= 0.6 is 0 Å². The first kappa shape index (κ1) is 13.5. The second-order valence-electron chi connectivity index (χ2n) is 4.95. The first-order valence-corrected chi connectivity index (χ1v) is 6.92. The zero-order valence-electron chi connectivity index (χ0n) is 11.6. The van der Waals surface area contributed by atoms with Crippen molar-refractivity contribution in [2.24, 2.45) is 5.73 Å². The third-order valence-corrected chi connectivity index (χ3v) is 3.59. The van der Waals surface area contributed by atoms with Gasteiger partial charge in [0.1, 0.15) is 5.82 Å². The van der Waals surface area contributed by atoms with Gasteiger partial charge in [-0.05, 0) is 39.9 Å². The zero-order chi connectivity index (χ0) is 14.7. The van der Waals surface area contributed by atoms with E-state index in [2.05, 4.69) is 36.4 Å². The molecular formula is C19H16FN. The van der Waals surface area contributed by atoms with Gasteiger partial charge in [-0.15, -0.1) is 0 Å². The summed E-state index contributed by atoms with van der Waals surface area (Å²) >= 11 is 0. The first-order valence-electron chi connectivity index (χ1n) is 6.92. The van der Waals surface area contributed by atoms with Gasteiger partial charge in [-0.2, -0.15) is 0 Å². The molecule has 0 atom stereocenters. The van der Waals surface area contributed by atoms with Gasteiger partial charge in [0, 0.05) is 6.54 Å². The molecule has 2 heteroatoms. The Kier molecular flexibility index (Phi) is 3.80. The van der Waals surface area contributed by atoms with Gasteiger partial charge < -0.3 is 5.73 Å². The summed E-state index contributed by atoms with van der Waals surface area (Å²) in [5.41, 5.74) is 10.9. The summed E-state index contributed by atoms with van der Waals surface area (Å²) in [5, 5.41) is 0. The summed E-state index contributed by atoms with van der Waals surface area (Å²) < 4.78 is 13.3. The number of hydrogen-bond donors (Lipinski definition) is 1. The van der Waals surface area contributed by atoms with E-state index in [-0.39, 0.29) is 5.82 Å². The number of halogens is 1. The minimum absolute atomic E-state index is 0.250. The standard InChI is InChI=1S/C19H16FN/c20-18-10-11-19(17(12-18)13-21)16-8-6-15(7-9-16)14-4-2-1-3-5-14/h1-12H,13,21H2. The highest BCUT2D eigenvalue weighted by Gasteiger charge is 2.06. The molecule has 0 saturated heterocycles. The quantitative estimate of drug-likeness (QED) is 0.742. The van der Waals surface area contributed by atoms with Crippen LogP contribution in [0.3, 0.4) is 0 Å². The molecule has 0 saturated carbocycles. The molecular weight excluding hydrogens is 261 g/mol. The SMILES string of the molecule is NCc1cc(F)ccc1-c1ccc(-c2ccccc2)cc1. The molecule has 104 valence electrons. The molecule has 3 aromatic carbocycles. The van der Waals surface area contributed by atoms with Crippen molar-refractivity contribution < 1.29 is 4.39 Å². The van der Waals surface area contributed by atoms with Crippen LogP contribution in [0.25, 0.3) is 22.3 Å². The fourth-order valence-corrected chi connectivity index (χ4v) is 2.49. The van der Waals surface area contributed by atoms with Crippen molar-refractivity contribution in [3.63, 3.8) is 0 Å². The summed E-state index contributed by atoms with van der Waals surface area (Å²) in [6, 6.07) is 23.2. The topological polar surface area (TPSA) is 26.0 Å². The highest BCUT2D eigenvalue weighted by atomic mass is 19.1. The molecule has 0 amide bonds. The normalized spacial score (nSPS) is 10.6. The van der Waals surface area contributed by atoms with Crippen LogP contribution in [-0.2, 0) is 6.54 Å². The monoisotopic (exact) mass is 277 g/mol. The van der Waals surface area contributed by atoms with Gasteiger partial charge in [-0.25, -0.2) is 4.39 Å². The van der Waals surface area contributed by atoms with E-state index in [1.54, 1.807) is 6.07 Å². The van der Waals surface area contributed by atoms with E-state index in [0.29, 0.717) is 6.54 Å². The van der Waals surface area contributed by atoms with Crippen LogP contribution in [0.1, 0.15) is 5.56 Å². The Morgan fingerprint density at radius 2 is 1.33 bits per heavy atom. The number of hydrogen-bond acceptors (Lipinski definition) is 1. The smallest absolute Gasteiger partial charge is 0.123 e. The van der Waals surface area contributed by atoms with E-state index in [4.69, 9.17) is 5.73 Å². The lowest BCUT2D eigenvalue weighted by atomic mass is 9.97. The van der Waals surface area contributed by atoms with Gasteiger partial charge in [0.15, 0.2) is 0 Å². The van der Waals surface area contributed by atoms with Crippen LogP contribution in [0.15, 0.2) is 72.8 Å². The minimum Gasteiger partial charge on any atom is -0.326 e. The molecule has 3 aromatic rings. The van der Waals surface area contributed by atoms with Crippen LogP contribution < -0.4 is 5.73 Å². The highest BCUT2D eigenvalue weighted by Crippen LogP contribution is 2.27. The van der Waals surface area contributed by atoms with E-state index in [0.717, 1.165) is 22.3 Å². The maximum Gasteiger partial charge on any atom is 0.123 e. The maximum absolute atomic E-state index is 13.3. The molecule has 0 fully saturated rings. The zero-order valence-corrected chi connectivity index (χ0v) is 11.6. The van der Waals surface area contributed by atoms with Crippen molar-refractivity contribution in [1.29, 1.82) is 0 Å². The van der Waals surface area contributed by atoms with Gasteiger partial charge in [0.25, 0.3) is 0 Å². The molecule has 3 rings (SSSR count). The molecule has 0 heterocycles. The van der Waals surface area contributed by atoms with E-state index in [1.807, 2.05) is 18.2 Å². The van der Waals surface area contributed by atoms with Crippen molar-refractivity contribution in [2.75, 3.05) is 0 Å². The summed E-state index contributed by atoms with van der Waals surface area (Å²) in [4.78, 5) is 0. The van der Waals surface area contributed by atoms with Crippen LogP contribution in [0.5, 0.6) is 0 Å². The van der Waals surface area contributed by atoms with Gasteiger partial charge in [-0.1, -0.05) is 60.7 Å². The van der Waals surface area contributed by atoms with Crippen LogP contribution in [0, 0.1) is 5.82 Å². The lowest BCUT2D eigenvalue weighted by Gasteiger charge is -2.09. The van der Waals surface area contributed by atoms with Crippen molar-refractivity contribution in [3.05, 3.63) is 84.2 Å². The molecule has 0 bridgehead atoms. The van der Waals surface area contributed by atoms with E-state index in [1.165, 1.54) is 17.7 Å². The summed E-state index contributed by atoms with van der Waals surface area (Å²) in [7, 11) is 0.